The first-order valence-corrected chi connectivity index (χ1v) is 4.94. The van der Waals surface area contributed by atoms with Crippen LogP contribution in [0.25, 0.3) is 0 Å². The van der Waals surface area contributed by atoms with E-state index < -0.39 is 18.1 Å². The van der Waals surface area contributed by atoms with Gasteiger partial charge in [0.2, 0.25) is 0 Å². The number of fused-ring (bicyclic) bond motifs is 1. The van der Waals surface area contributed by atoms with Crippen LogP contribution in [0.4, 0.5) is 4.79 Å². The smallest absolute Gasteiger partial charge is 0.408 e. The molecule has 0 aromatic rings. The fraction of sp³-hybridized carbons (Fsp3) is 0.600. The van der Waals surface area contributed by atoms with E-state index in [0.29, 0.717) is 12.3 Å². The van der Waals surface area contributed by atoms with Crippen LogP contribution in [-0.4, -0.2) is 40.8 Å². The van der Waals surface area contributed by atoms with Gasteiger partial charge in [-0.1, -0.05) is 12.7 Å². The molecule has 1 aliphatic carbocycles. The van der Waals surface area contributed by atoms with E-state index in [1.807, 2.05) is 0 Å². The monoisotopic (exact) mass is 211 g/mol. The van der Waals surface area contributed by atoms with Gasteiger partial charge >= 0.3 is 12.1 Å². The van der Waals surface area contributed by atoms with Crippen molar-refractivity contribution in [2.24, 2.45) is 5.92 Å². The molecule has 1 saturated carbocycles. The maximum atomic E-state index is 11.5. The molecular weight excluding hydrogens is 198 g/mol. The molecule has 2 fully saturated rings. The van der Waals surface area contributed by atoms with Crippen molar-refractivity contribution < 1.29 is 19.4 Å². The lowest BCUT2D eigenvalue weighted by molar-refractivity contribution is -0.147. The van der Waals surface area contributed by atoms with Crippen LogP contribution in [0.15, 0.2) is 12.7 Å². The van der Waals surface area contributed by atoms with E-state index in [1.54, 1.807) is 0 Å². The lowest BCUT2D eigenvalue weighted by atomic mass is 10.2. The zero-order chi connectivity index (χ0) is 11.0. The predicted molar refractivity (Wildman–Crippen MR) is 51.3 cm³/mol. The standard InChI is InChI=1S/C10H13NO4/c1-2-3-15-9(12)8-5-6-4-7(6)11(8)10(13)14/h2,6-8H,1,3-5H2,(H,13,14)/t6-,7-,8+/m1/s1. The number of hydrogen-bond donors (Lipinski definition) is 1. The number of likely N-dealkylation sites (tertiary alicyclic amines) is 1. The molecule has 2 aliphatic rings. The third-order valence-electron chi connectivity index (χ3n) is 2.94. The van der Waals surface area contributed by atoms with E-state index in [1.165, 1.54) is 11.0 Å². The van der Waals surface area contributed by atoms with Crippen molar-refractivity contribution in [3.05, 3.63) is 12.7 Å². The third-order valence-corrected chi connectivity index (χ3v) is 2.94. The number of carbonyl (C=O) groups is 2. The lowest BCUT2D eigenvalue weighted by Gasteiger charge is -2.22. The Hall–Kier alpha value is -1.52. The number of carboxylic acid groups (broad SMARTS) is 1. The van der Waals surface area contributed by atoms with Gasteiger partial charge in [0.1, 0.15) is 12.6 Å². The Kier molecular flexibility index (Phi) is 2.38. The van der Waals surface area contributed by atoms with E-state index >= 15 is 0 Å². The van der Waals surface area contributed by atoms with Gasteiger partial charge in [0.25, 0.3) is 0 Å². The molecule has 1 N–H and O–H groups in total. The van der Waals surface area contributed by atoms with Crippen molar-refractivity contribution in [1.29, 1.82) is 0 Å². The molecule has 1 amide bonds. The van der Waals surface area contributed by atoms with Crippen molar-refractivity contribution >= 4 is 12.1 Å². The molecule has 3 atom stereocenters. The number of hydrogen-bond acceptors (Lipinski definition) is 3. The summed E-state index contributed by atoms with van der Waals surface area (Å²) in [6.07, 6.45) is 1.93. The highest BCUT2D eigenvalue weighted by atomic mass is 16.5. The Morgan fingerprint density at radius 2 is 2.27 bits per heavy atom. The lowest BCUT2D eigenvalue weighted by Crippen LogP contribution is -2.43. The average molecular weight is 211 g/mol. The predicted octanol–water partition coefficient (Wildman–Crippen LogP) is 0.856. The topological polar surface area (TPSA) is 66.8 Å². The molecule has 0 bridgehead atoms. The Balaban J connectivity index is 1.99. The summed E-state index contributed by atoms with van der Waals surface area (Å²) >= 11 is 0. The molecule has 0 radical (unpaired) electrons. The van der Waals surface area contributed by atoms with Gasteiger partial charge in [-0.05, 0) is 18.8 Å². The molecule has 1 heterocycles. The number of nitrogens with zero attached hydrogens (tertiary/aromatic N) is 1. The summed E-state index contributed by atoms with van der Waals surface area (Å²) in [6.45, 7) is 3.57. The first-order valence-electron chi connectivity index (χ1n) is 4.94. The number of amides is 1. The quantitative estimate of drug-likeness (QED) is 0.555. The molecule has 5 heteroatoms. The van der Waals surface area contributed by atoms with Gasteiger partial charge in [0, 0.05) is 6.04 Å². The van der Waals surface area contributed by atoms with Crippen LogP contribution in [-0.2, 0) is 9.53 Å². The highest BCUT2D eigenvalue weighted by Crippen LogP contribution is 2.47. The Labute approximate surface area is 87.3 Å². The molecule has 1 aliphatic heterocycles. The summed E-state index contributed by atoms with van der Waals surface area (Å²) in [7, 11) is 0. The molecule has 0 unspecified atom stereocenters. The van der Waals surface area contributed by atoms with Crippen LogP contribution in [0.2, 0.25) is 0 Å². The van der Waals surface area contributed by atoms with Gasteiger partial charge in [0.05, 0.1) is 0 Å². The molecule has 82 valence electrons. The van der Waals surface area contributed by atoms with Crippen LogP contribution < -0.4 is 0 Å². The summed E-state index contributed by atoms with van der Waals surface area (Å²) in [4.78, 5) is 23.7. The number of esters is 1. The summed E-state index contributed by atoms with van der Waals surface area (Å²) < 4.78 is 4.86. The maximum Gasteiger partial charge on any atom is 0.408 e. The summed E-state index contributed by atoms with van der Waals surface area (Å²) in [5.74, 6) is -0.0909. The number of ether oxygens (including phenoxy) is 1. The Morgan fingerprint density at radius 1 is 1.53 bits per heavy atom. The molecule has 2 rings (SSSR count). The van der Waals surface area contributed by atoms with Gasteiger partial charge in [0.15, 0.2) is 0 Å². The zero-order valence-electron chi connectivity index (χ0n) is 8.26. The van der Waals surface area contributed by atoms with Gasteiger partial charge < -0.3 is 9.84 Å². The van der Waals surface area contributed by atoms with Crippen molar-refractivity contribution in [1.82, 2.24) is 4.90 Å². The highest BCUT2D eigenvalue weighted by Gasteiger charge is 2.56. The van der Waals surface area contributed by atoms with Crippen LogP contribution >= 0.6 is 0 Å². The van der Waals surface area contributed by atoms with E-state index in [2.05, 4.69) is 6.58 Å². The van der Waals surface area contributed by atoms with Crippen molar-refractivity contribution in [3.63, 3.8) is 0 Å². The fourth-order valence-corrected chi connectivity index (χ4v) is 2.18. The van der Waals surface area contributed by atoms with Crippen LogP contribution in [0.1, 0.15) is 12.8 Å². The van der Waals surface area contributed by atoms with Crippen molar-refractivity contribution in [2.75, 3.05) is 6.61 Å². The van der Waals surface area contributed by atoms with E-state index in [4.69, 9.17) is 9.84 Å². The molecule has 5 nitrogen and oxygen atoms in total. The van der Waals surface area contributed by atoms with Gasteiger partial charge in [-0.15, -0.1) is 0 Å². The minimum absolute atomic E-state index is 0.0452. The maximum absolute atomic E-state index is 11.5. The molecule has 1 saturated heterocycles. The minimum atomic E-state index is -1.03. The second-order valence-corrected chi connectivity index (χ2v) is 3.92. The normalized spacial score (nSPS) is 32.0. The SMILES string of the molecule is C=CCOC(=O)[C@@H]1C[C@H]2C[C@H]2N1C(=O)O. The van der Waals surface area contributed by atoms with E-state index in [9.17, 15) is 9.59 Å². The second kappa shape index (κ2) is 3.56. The first kappa shape index (κ1) is 10.0. The van der Waals surface area contributed by atoms with Crippen LogP contribution in [0, 0.1) is 5.92 Å². The van der Waals surface area contributed by atoms with E-state index in [-0.39, 0.29) is 12.6 Å². The minimum Gasteiger partial charge on any atom is -0.465 e. The molecule has 0 aromatic heterocycles. The molecule has 0 aromatic carbocycles. The van der Waals surface area contributed by atoms with E-state index in [0.717, 1.165) is 6.42 Å². The summed E-state index contributed by atoms with van der Waals surface area (Å²) in [5, 5.41) is 8.95. The van der Waals surface area contributed by atoms with Gasteiger partial charge in [-0.3, -0.25) is 4.90 Å². The third kappa shape index (κ3) is 1.69. The van der Waals surface area contributed by atoms with Gasteiger partial charge in [-0.25, -0.2) is 9.59 Å². The van der Waals surface area contributed by atoms with Gasteiger partial charge in [-0.2, -0.15) is 0 Å². The average Bonchev–Trinajstić information content (AvgIpc) is 2.85. The summed E-state index contributed by atoms with van der Waals surface area (Å²) in [5.41, 5.74) is 0. The second-order valence-electron chi connectivity index (χ2n) is 3.92. The first-order chi connectivity index (χ1) is 7.15. The Bertz CT molecular complexity index is 315. The van der Waals surface area contributed by atoms with Crippen molar-refractivity contribution in [2.45, 2.75) is 24.9 Å². The number of rotatable bonds is 3. The Morgan fingerprint density at radius 3 is 2.87 bits per heavy atom. The zero-order valence-corrected chi connectivity index (χ0v) is 8.26. The molecule has 0 spiro atoms. The van der Waals surface area contributed by atoms with Crippen LogP contribution in [0.5, 0.6) is 0 Å². The largest absolute Gasteiger partial charge is 0.465 e. The molecular formula is C10H13NO4. The fourth-order valence-electron chi connectivity index (χ4n) is 2.18. The van der Waals surface area contributed by atoms with Crippen LogP contribution in [0.3, 0.4) is 0 Å². The number of carbonyl (C=O) groups excluding carboxylic acids is 1. The molecule has 15 heavy (non-hydrogen) atoms. The number of piperidine rings is 1. The highest BCUT2D eigenvalue weighted by molar-refractivity contribution is 5.82. The van der Waals surface area contributed by atoms with Crippen molar-refractivity contribution in [3.8, 4) is 0 Å². The summed E-state index contributed by atoms with van der Waals surface area (Å²) in [6, 6.07) is -0.560.